The molecule has 17 nitrogen and oxygen atoms in total. The Morgan fingerprint density at radius 2 is 0.541 bits per heavy atom. The number of aliphatic hydroxyl groups is 1. The van der Waals surface area contributed by atoms with Crippen LogP contribution in [0.5, 0.6) is 0 Å². The van der Waals surface area contributed by atoms with Gasteiger partial charge in [-0.2, -0.15) is 0 Å². The van der Waals surface area contributed by atoms with E-state index in [0.29, 0.717) is 25.7 Å². The first-order valence-electron chi connectivity index (χ1n) is 34.5. The van der Waals surface area contributed by atoms with Gasteiger partial charge in [0.15, 0.2) is 12.2 Å². The van der Waals surface area contributed by atoms with Crippen molar-refractivity contribution in [2.75, 3.05) is 39.6 Å². The van der Waals surface area contributed by atoms with Crippen molar-refractivity contribution < 1.29 is 80.2 Å². The number of aliphatic hydroxyl groups excluding tert-OH is 1. The molecule has 0 heterocycles. The summed E-state index contributed by atoms with van der Waals surface area (Å²) in [5.74, 6) is -0.639. The number of ether oxygens (including phenoxy) is 4. The second kappa shape index (κ2) is 58.4. The van der Waals surface area contributed by atoms with Gasteiger partial charge in [0.25, 0.3) is 0 Å². The molecule has 3 N–H and O–H groups in total. The average molecular weight is 1260 g/mol. The van der Waals surface area contributed by atoms with Gasteiger partial charge in [-0.15, -0.1) is 0 Å². The molecule has 0 aliphatic rings. The molecule has 2 unspecified atom stereocenters. The van der Waals surface area contributed by atoms with Crippen LogP contribution in [0.3, 0.4) is 0 Å². The molecule has 0 fully saturated rings. The lowest BCUT2D eigenvalue weighted by Crippen LogP contribution is -2.30. The molecule has 0 aliphatic carbocycles. The van der Waals surface area contributed by atoms with E-state index < -0.39 is 97.5 Å². The molecule has 0 bridgehead atoms. The predicted molar refractivity (Wildman–Crippen MR) is 340 cm³/mol. The van der Waals surface area contributed by atoms with Crippen LogP contribution in [0, 0.1) is 11.8 Å². The average Bonchev–Trinajstić information content (AvgIpc) is 3.50. The van der Waals surface area contributed by atoms with Gasteiger partial charge >= 0.3 is 39.5 Å². The molecule has 0 saturated carbocycles. The van der Waals surface area contributed by atoms with Gasteiger partial charge < -0.3 is 33.8 Å². The van der Waals surface area contributed by atoms with Crippen LogP contribution in [0.15, 0.2) is 0 Å². The first kappa shape index (κ1) is 83.1. The monoisotopic (exact) mass is 1250 g/mol. The quantitative estimate of drug-likeness (QED) is 0.0222. The summed E-state index contributed by atoms with van der Waals surface area (Å²) in [5, 5.41) is 10.5. The third-order valence-electron chi connectivity index (χ3n) is 15.2. The van der Waals surface area contributed by atoms with Gasteiger partial charge in [0, 0.05) is 25.7 Å². The summed E-state index contributed by atoms with van der Waals surface area (Å²) in [6.07, 6.45) is 41.8. The van der Waals surface area contributed by atoms with Crippen molar-refractivity contribution >= 4 is 39.5 Å². The minimum Gasteiger partial charge on any atom is -0.462 e. The standard InChI is InChI=1S/C66H128O17P2/c1-7-9-11-13-15-16-17-21-24-31-37-43-49-64(69)77-55-62(82-65(70)50-44-38-32-25-22-19-18-20-23-29-34-40-46-58(3)4)57-81-85(74,75)79-53-60(67)52-78-84(72,73)80-56-61(54-76-63(68)48-42-36-28-14-12-10-8-2)83-66(71)51-45-39-33-27-26-30-35-41-47-59(5)6/h58-62,67H,7-57H2,1-6H3,(H,72,73)(H,74,75)/t60-,61+,62+/m0/s1. The van der Waals surface area contributed by atoms with Crippen molar-refractivity contribution in [1.29, 1.82) is 0 Å². The molecular weight excluding hydrogens is 1130 g/mol. The van der Waals surface area contributed by atoms with Gasteiger partial charge in [-0.1, -0.05) is 279 Å². The maximum absolute atomic E-state index is 13.0. The number of rotatable bonds is 65. The van der Waals surface area contributed by atoms with Crippen LogP contribution in [0.4, 0.5) is 0 Å². The number of phosphoric acid groups is 2. The van der Waals surface area contributed by atoms with Gasteiger partial charge in [-0.3, -0.25) is 37.3 Å². The number of esters is 4. The molecule has 0 spiro atoms. The minimum atomic E-state index is -4.95. The highest BCUT2D eigenvalue weighted by Gasteiger charge is 2.30. The Hall–Kier alpha value is -1.94. The zero-order chi connectivity index (χ0) is 62.9. The summed E-state index contributed by atoms with van der Waals surface area (Å²) in [4.78, 5) is 72.2. The third kappa shape index (κ3) is 60.7. The van der Waals surface area contributed by atoms with Crippen molar-refractivity contribution in [3.63, 3.8) is 0 Å². The van der Waals surface area contributed by atoms with Crippen LogP contribution in [0.25, 0.3) is 0 Å². The fourth-order valence-corrected chi connectivity index (χ4v) is 11.5. The normalized spacial score (nSPS) is 14.2. The Kier molecular flexibility index (Phi) is 57.1. The van der Waals surface area contributed by atoms with E-state index in [2.05, 4.69) is 41.5 Å². The zero-order valence-corrected chi connectivity index (χ0v) is 56.7. The molecule has 19 heteroatoms. The van der Waals surface area contributed by atoms with Crippen molar-refractivity contribution in [2.24, 2.45) is 11.8 Å². The molecule has 85 heavy (non-hydrogen) atoms. The summed E-state index contributed by atoms with van der Waals surface area (Å²) in [5.41, 5.74) is 0. The summed E-state index contributed by atoms with van der Waals surface area (Å²) >= 11 is 0. The largest absolute Gasteiger partial charge is 0.472 e. The molecule has 0 rings (SSSR count). The van der Waals surface area contributed by atoms with E-state index in [1.54, 1.807) is 0 Å². The number of carbonyl (C=O) groups is 4. The molecule has 0 amide bonds. The van der Waals surface area contributed by atoms with E-state index in [1.807, 2.05) is 0 Å². The lowest BCUT2D eigenvalue weighted by atomic mass is 10.0. The van der Waals surface area contributed by atoms with Gasteiger partial charge in [0.2, 0.25) is 0 Å². The minimum absolute atomic E-state index is 0.104. The smallest absolute Gasteiger partial charge is 0.462 e. The summed E-state index contributed by atoms with van der Waals surface area (Å²) < 4.78 is 68.0. The predicted octanol–water partition coefficient (Wildman–Crippen LogP) is 18.4. The zero-order valence-electron chi connectivity index (χ0n) is 54.9. The van der Waals surface area contributed by atoms with Gasteiger partial charge in [-0.25, -0.2) is 9.13 Å². The molecule has 0 aromatic carbocycles. The number of hydrogen-bond acceptors (Lipinski definition) is 15. The van der Waals surface area contributed by atoms with Crippen LogP contribution in [-0.4, -0.2) is 96.7 Å². The lowest BCUT2D eigenvalue weighted by Gasteiger charge is -2.21. The number of phosphoric ester groups is 2. The molecule has 0 aliphatic heterocycles. The van der Waals surface area contributed by atoms with E-state index in [4.69, 9.17) is 37.0 Å². The van der Waals surface area contributed by atoms with E-state index in [0.717, 1.165) is 115 Å². The van der Waals surface area contributed by atoms with Crippen molar-refractivity contribution in [2.45, 2.75) is 349 Å². The molecule has 0 aromatic heterocycles. The van der Waals surface area contributed by atoms with Gasteiger partial charge in [-0.05, 0) is 37.5 Å². The number of carbonyl (C=O) groups excluding carboxylic acids is 4. The van der Waals surface area contributed by atoms with E-state index in [9.17, 15) is 43.2 Å². The highest BCUT2D eigenvalue weighted by atomic mass is 31.2. The van der Waals surface area contributed by atoms with Crippen LogP contribution < -0.4 is 0 Å². The number of hydrogen-bond donors (Lipinski definition) is 3. The van der Waals surface area contributed by atoms with E-state index in [1.165, 1.54) is 135 Å². The first-order valence-corrected chi connectivity index (χ1v) is 37.5. The SMILES string of the molecule is CCCCCCCCCCCCCCC(=O)OC[C@H](COP(=O)(O)OC[C@@H](O)COP(=O)(O)OC[C@@H](COC(=O)CCCCCCCCC)OC(=O)CCCCCCCCCCC(C)C)OC(=O)CCCCCCCCCCCCCCC(C)C. The van der Waals surface area contributed by atoms with E-state index >= 15 is 0 Å². The maximum Gasteiger partial charge on any atom is 0.472 e. The fourth-order valence-electron chi connectivity index (χ4n) is 9.88. The highest BCUT2D eigenvalue weighted by Crippen LogP contribution is 2.45. The Labute approximate surface area is 517 Å². The van der Waals surface area contributed by atoms with Gasteiger partial charge in [0.1, 0.15) is 19.3 Å². The highest BCUT2D eigenvalue weighted by molar-refractivity contribution is 7.47. The topological polar surface area (TPSA) is 237 Å². The molecule has 0 saturated heterocycles. The van der Waals surface area contributed by atoms with Crippen molar-refractivity contribution in [1.82, 2.24) is 0 Å². The van der Waals surface area contributed by atoms with E-state index in [-0.39, 0.29) is 25.7 Å². The Bertz CT molecular complexity index is 1670. The second-order valence-electron chi connectivity index (χ2n) is 24.8. The Morgan fingerprint density at radius 3 is 0.800 bits per heavy atom. The first-order chi connectivity index (χ1) is 40.9. The maximum atomic E-state index is 13.0. The summed E-state index contributed by atoms with van der Waals surface area (Å²) in [7, 11) is -9.89. The lowest BCUT2D eigenvalue weighted by molar-refractivity contribution is -0.161. The third-order valence-corrected chi connectivity index (χ3v) is 17.1. The Balaban J connectivity index is 5.21. The molecule has 0 radical (unpaired) electrons. The summed E-state index contributed by atoms with van der Waals surface area (Å²) in [6.45, 7) is 9.44. The van der Waals surface area contributed by atoms with Crippen LogP contribution in [0.2, 0.25) is 0 Å². The fraction of sp³-hybridized carbons (Fsp3) is 0.939. The molecular formula is C66H128O17P2. The number of unbranched alkanes of at least 4 members (excludes halogenated alkanes) is 35. The van der Waals surface area contributed by atoms with Crippen LogP contribution in [-0.2, 0) is 65.4 Å². The van der Waals surface area contributed by atoms with Gasteiger partial charge in [0.05, 0.1) is 26.4 Å². The second-order valence-corrected chi connectivity index (χ2v) is 27.7. The summed E-state index contributed by atoms with van der Waals surface area (Å²) in [6, 6.07) is 0. The Morgan fingerprint density at radius 1 is 0.318 bits per heavy atom. The van der Waals surface area contributed by atoms with Crippen LogP contribution in [0.1, 0.15) is 330 Å². The molecule has 0 aromatic rings. The van der Waals surface area contributed by atoms with Crippen molar-refractivity contribution in [3.8, 4) is 0 Å². The molecule has 5 atom stereocenters. The van der Waals surface area contributed by atoms with Crippen LogP contribution >= 0.6 is 15.6 Å². The van der Waals surface area contributed by atoms with Crippen molar-refractivity contribution in [3.05, 3.63) is 0 Å². The molecule has 504 valence electrons.